The zero-order valence-corrected chi connectivity index (χ0v) is 11.7. The first-order valence-electron chi connectivity index (χ1n) is 6.58. The first-order chi connectivity index (χ1) is 9.74. The Morgan fingerprint density at radius 2 is 2.20 bits per heavy atom. The van der Waals surface area contributed by atoms with E-state index in [0.717, 1.165) is 34.2 Å². The van der Waals surface area contributed by atoms with Gasteiger partial charge in [-0.05, 0) is 6.42 Å². The van der Waals surface area contributed by atoms with Crippen LogP contribution in [0.4, 0.5) is 0 Å². The van der Waals surface area contributed by atoms with E-state index in [9.17, 15) is 4.79 Å². The number of hydrogen-bond acceptors (Lipinski definition) is 4. The van der Waals surface area contributed by atoms with E-state index in [2.05, 4.69) is 0 Å². The number of carbonyl (C=O) groups is 1. The summed E-state index contributed by atoms with van der Waals surface area (Å²) in [5.74, 6) is -0.509. The van der Waals surface area contributed by atoms with E-state index < -0.39 is 5.97 Å². The predicted octanol–water partition coefficient (Wildman–Crippen LogP) is 2.94. The van der Waals surface area contributed by atoms with E-state index in [4.69, 9.17) is 14.8 Å². The smallest absolute Gasteiger partial charge is 0.308 e. The first-order valence-corrected chi connectivity index (χ1v) is 7.40. The van der Waals surface area contributed by atoms with Crippen molar-refractivity contribution in [2.75, 3.05) is 13.2 Å². The molecule has 0 saturated carbocycles. The lowest BCUT2D eigenvalue weighted by atomic mass is 10.1. The first kappa shape index (κ1) is 13.3. The van der Waals surface area contributed by atoms with Gasteiger partial charge in [-0.25, -0.2) is 4.98 Å². The fraction of sp³-hybridized carbons (Fsp3) is 0.333. The summed E-state index contributed by atoms with van der Waals surface area (Å²) in [4.78, 5) is 16.6. The Labute approximate surface area is 121 Å². The van der Waals surface area contributed by atoms with Gasteiger partial charge in [0.05, 0.1) is 23.7 Å². The zero-order valence-electron chi connectivity index (χ0n) is 10.9. The van der Waals surface area contributed by atoms with Gasteiger partial charge in [0.25, 0.3) is 0 Å². The van der Waals surface area contributed by atoms with Gasteiger partial charge in [-0.1, -0.05) is 30.3 Å². The van der Waals surface area contributed by atoms with Crippen molar-refractivity contribution in [3.8, 4) is 11.3 Å². The van der Waals surface area contributed by atoms with Crippen LogP contribution in [-0.2, 0) is 16.0 Å². The van der Waals surface area contributed by atoms with Crippen LogP contribution >= 0.6 is 11.3 Å². The highest BCUT2D eigenvalue weighted by molar-refractivity contribution is 7.12. The molecule has 1 unspecified atom stereocenters. The van der Waals surface area contributed by atoms with Crippen molar-refractivity contribution in [2.24, 2.45) is 0 Å². The topological polar surface area (TPSA) is 59.4 Å². The number of carboxylic acids is 1. The molecule has 0 bridgehead atoms. The number of aliphatic carboxylic acids is 1. The van der Waals surface area contributed by atoms with Crippen molar-refractivity contribution in [3.05, 3.63) is 40.2 Å². The molecule has 20 heavy (non-hydrogen) atoms. The number of carboxylic acid groups (broad SMARTS) is 1. The molecule has 1 saturated heterocycles. The van der Waals surface area contributed by atoms with Crippen molar-refractivity contribution >= 4 is 17.3 Å². The van der Waals surface area contributed by atoms with Crippen molar-refractivity contribution in [1.82, 2.24) is 4.98 Å². The molecule has 0 amide bonds. The minimum absolute atomic E-state index is 0.0233. The summed E-state index contributed by atoms with van der Waals surface area (Å²) in [6.07, 6.45) is 0.990. The number of nitrogens with zero attached hydrogens (tertiary/aromatic N) is 1. The third kappa shape index (κ3) is 2.73. The van der Waals surface area contributed by atoms with E-state index in [0.29, 0.717) is 12.5 Å². The highest BCUT2D eigenvalue weighted by Crippen LogP contribution is 2.35. The summed E-state index contributed by atoms with van der Waals surface area (Å²) in [5.41, 5.74) is 1.78. The number of hydrogen-bond donors (Lipinski definition) is 1. The minimum Gasteiger partial charge on any atom is -0.481 e. The van der Waals surface area contributed by atoms with Gasteiger partial charge < -0.3 is 9.84 Å². The van der Waals surface area contributed by atoms with Gasteiger partial charge in [0, 0.05) is 23.0 Å². The molecule has 1 aliphatic rings. The van der Waals surface area contributed by atoms with Crippen molar-refractivity contribution in [2.45, 2.75) is 18.8 Å². The average molecular weight is 289 g/mol. The van der Waals surface area contributed by atoms with Crippen LogP contribution in [0, 0.1) is 0 Å². The van der Waals surface area contributed by atoms with E-state index in [-0.39, 0.29) is 6.42 Å². The number of rotatable bonds is 4. The summed E-state index contributed by atoms with van der Waals surface area (Å²) in [5, 5.41) is 10.1. The van der Waals surface area contributed by atoms with Crippen LogP contribution in [0.3, 0.4) is 0 Å². The number of thiazole rings is 1. The lowest BCUT2D eigenvalue weighted by Crippen LogP contribution is -1.99. The highest BCUT2D eigenvalue weighted by Gasteiger charge is 2.24. The van der Waals surface area contributed by atoms with E-state index in [1.165, 1.54) is 11.3 Å². The molecule has 1 atom stereocenters. The number of benzene rings is 1. The Balaban J connectivity index is 1.99. The van der Waals surface area contributed by atoms with Gasteiger partial charge in [-0.15, -0.1) is 11.3 Å². The third-order valence-corrected chi connectivity index (χ3v) is 4.57. The maximum absolute atomic E-state index is 11.0. The van der Waals surface area contributed by atoms with Gasteiger partial charge in [0.2, 0.25) is 0 Å². The van der Waals surface area contributed by atoms with Gasteiger partial charge in [-0.2, -0.15) is 0 Å². The molecule has 5 heteroatoms. The van der Waals surface area contributed by atoms with Gasteiger partial charge in [0.15, 0.2) is 0 Å². The Morgan fingerprint density at radius 1 is 1.40 bits per heavy atom. The summed E-state index contributed by atoms with van der Waals surface area (Å²) >= 11 is 1.51. The quantitative estimate of drug-likeness (QED) is 0.940. The summed E-state index contributed by atoms with van der Waals surface area (Å²) in [6, 6.07) is 9.76. The van der Waals surface area contributed by atoms with Crippen LogP contribution in [0.5, 0.6) is 0 Å². The average Bonchev–Trinajstić information content (AvgIpc) is 3.08. The Hall–Kier alpha value is -1.72. The molecule has 0 aliphatic carbocycles. The number of aromatic nitrogens is 1. The second-order valence-corrected chi connectivity index (χ2v) is 5.94. The molecule has 1 fully saturated rings. The maximum Gasteiger partial charge on any atom is 0.308 e. The van der Waals surface area contributed by atoms with E-state index in [1.807, 2.05) is 30.3 Å². The normalized spacial score (nSPS) is 18.3. The molecule has 3 rings (SSSR count). The van der Waals surface area contributed by atoms with Crippen LogP contribution in [0.15, 0.2) is 30.3 Å². The molecule has 0 spiro atoms. The lowest BCUT2D eigenvalue weighted by molar-refractivity contribution is -0.136. The van der Waals surface area contributed by atoms with Crippen molar-refractivity contribution < 1.29 is 14.6 Å². The standard InChI is InChI=1S/C15H15NO3S/c17-13(18)8-12-14(10-4-2-1-3-5-10)16-15(20-12)11-6-7-19-9-11/h1-5,11H,6-9H2,(H,17,18). The van der Waals surface area contributed by atoms with E-state index >= 15 is 0 Å². The molecular formula is C15H15NO3S. The molecule has 0 radical (unpaired) electrons. The summed E-state index contributed by atoms with van der Waals surface area (Å²) in [7, 11) is 0. The summed E-state index contributed by atoms with van der Waals surface area (Å²) < 4.78 is 5.40. The van der Waals surface area contributed by atoms with Gasteiger partial charge >= 0.3 is 5.97 Å². The monoisotopic (exact) mass is 289 g/mol. The van der Waals surface area contributed by atoms with Crippen LogP contribution in [-0.4, -0.2) is 29.3 Å². The zero-order chi connectivity index (χ0) is 13.9. The molecule has 1 aliphatic heterocycles. The van der Waals surface area contributed by atoms with Crippen LogP contribution in [0.1, 0.15) is 22.2 Å². The third-order valence-electron chi connectivity index (χ3n) is 3.35. The minimum atomic E-state index is -0.819. The Kier molecular flexibility index (Phi) is 3.80. The largest absolute Gasteiger partial charge is 0.481 e. The second kappa shape index (κ2) is 5.73. The second-order valence-electron chi connectivity index (χ2n) is 4.82. The highest BCUT2D eigenvalue weighted by atomic mass is 32.1. The SMILES string of the molecule is O=C(O)Cc1sc(C2CCOC2)nc1-c1ccccc1. The number of ether oxygens (including phenoxy) is 1. The Bertz CT molecular complexity index is 603. The summed E-state index contributed by atoms with van der Waals surface area (Å²) in [6.45, 7) is 1.45. The molecule has 1 aromatic carbocycles. The van der Waals surface area contributed by atoms with Crippen molar-refractivity contribution in [3.63, 3.8) is 0 Å². The van der Waals surface area contributed by atoms with Crippen LogP contribution in [0.2, 0.25) is 0 Å². The molecular weight excluding hydrogens is 274 g/mol. The molecule has 1 aromatic heterocycles. The van der Waals surface area contributed by atoms with Crippen LogP contribution in [0.25, 0.3) is 11.3 Å². The molecule has 104 valence electrons. The molecule has 4 nitrogen and oxygen atoms in total. The van der Waals surface area contributed by atoms with Crippen molar-refractivity contribution in [1.29, 1.82) is 0 Å². The van der Waals surface area contributed by atoms with Gasteiger partial charge in [-0.3, -0.25) is 4.79 Å². The predicted molar refractivity (Wildman–Crippen MR) is 77.1 cm³/mol. The fourth-order valence-electron chi connectivity index (χ4n) is 2.35. The lowest BCUT2D eigenvalue weighted by Gasteiger charge is -2.01. The van der Waals surface area contributed by atoms with Crippen LogP contribution < -0.4 is 0 Å². The van der Waals surface area contributed by atoms with E-state index in [1.54, 1.807) is 0 Å². The Morgan fingerprint density at radius 3 is 2.85 bits per heavy atom. The fourth-order valence-corrected chi connectivity index (χ4v) is 3.55. The molecule has 2 heterocycles. The molecule has 2 aromatic rings. The maximum atomic E-state index is 11.0. The van der Waals surface area contributed by atoms with Gasteiger partial charge in [0.1, 0.15) is 0 Å². The molecule has 1 N–H and O–H groups in total.